The number of halogens is 2. The standard InChI is InChI=1S/C4H6F2O4S/c1-2-10-4(7)3(5)11(6,8)9/h3H,2H2,1H3. The minimum atomic E-state index is -5.47. The van der Waals surface area contributed by atoms with Crippen LogP contribution in [0.15, 0.2) is 0 Å². The van der Waals surface area contributed by atoms with E-state index in [0.29, 0.717) is 0 Å². The van der Waals surface area contributed by atoms with E-state index in [9.17, 15) is 21.5 Å². The smallest absolute Gasteiger partial charge is 0.359 e. The summed E-state index contributed by atoms with van der Waals surface area (Å²) in [5.74, 6) is -1.73. The first kappa shape index (κ1) is 10.3. The summed E-state index contributed by atoms with van der Waals surface area (Å²) in [6.07, 6.45) is 0. The summed E-state index contributed by atoms with van der Waals surface area (Å²) in [6, 6.07) is 0. The number of hydrogen-bond acceptors (Lipinski definition) is 4. The second kappa shape index (κ2) is 3.61. The average Bonchev–Trinajstić information content (AvgIpc) is 1.85. The summed E-state index contributed by atoms with van der Waals surface area (Å²) < 4.78 is 47.0. The fourth-order valence-corrected chi connectivity index (χ4v) is 0.621. The molecule has 0 N–H and O–H groups in total. The summed E-state index contributed by atoms with van der Waals surface area (Å²) >= 11 is 0. The SMILES string of the molecule is CCOC(=O)C(F)S(=O)(=O)F. The molecule has 7 heteroatoms. The molecular formula is C4H6F2O4S. The van der Waals surface area contributed by atoms with Crippen molar-refractivity contribution in [1.82, 2.24) is 0 Å². The van der Waals surface area contributed by atoms with Gasteiger partial charge in [-0.15, -0.1) is 3.89 Å². The molecule has 0 heterocycles. The highest BCUT2D eigenvalue weighted by atomic mass is 32.3. The van der Waals surface area contributed by atoms with Crippen molar-refractivity contribution in [3.8, 4) is 0 Å². The maximum Gasteiger partial charge on any atom is 0.359 e. The highest BCUT2D eigenvalue weighted by Crippen LogP contribution is 2.06. The molecule has 0 bridgehead atoms. The molecule has 0 saturated carbocycles. The van der Waals surface area contributed by atoms with Gasteiger partial charge in [0.2, 0.25) is 0 Å². The number of ether oxygens (including phenoxy) is 1. The molecule has 0 fully saturated rings. The van der Waals surface area contributed by atoms with Crippen LogP contribution in [0.1, 0.15) is 6.92 Å². The zero-order chi connectivity index (χ0) is 9.07. The Kier molecular flexibility index (Phi) is 3.37. The second-order valence-corrected chi connectivity index (χ2v) is 2.91. The highest BCUT2D eigenvalue weighted by molar-refractivity contribution is 7.87. The van der Waals surface area contributed by atoms with Crippen LogP contribution in [0.2, 0.25) is 0 Å². The van der Waals surface area contributed by atoms with Crippen LogP contribution >= 0.6 is 0 Å². The molecule has 0 rings (SSSR count). The van der Waals surface area contributed by atoms with E-state index in [2.05, 4.69) is 4.74 Å². The molecule has 0 aromatic heterocycles. The number of alkyl halides is 1. The van der Waals surface area contributed by atoms with Crippen molar-refractivity contribution < 1.29 is 26.2 Å². The van der Waals surface area contributed by atoms with E-state index in [4.69, 9.17) is 0 Å². The van der Waals surface area contributed by atoms with Gasteiger partial charge in [-0.05, 0) is 6.92 Å². The zero-order valence-electron chi connectivity index (χ0n) is 5.58. The Morgan fingerprint density at radius 3 is 2.36 bits per heavy atom. The lowest BCUT2D eigenvalue weighted by Gasteiger charge is -2.01. The monoisotopic (exact) mass is 188 g/mol. The molecule has 0 radical (unpaired) electrons. The van der Waals surface area contributed by atoms with Crippen LogP contribution < -0.4 is 0 Å². The molecule has 11 heavy (non-hydrogen) atoms. The minimum Gasteiger partial charge on any atom is -0.463 e. The Balaban J connectivity index is 4.27. The van der Waals surface area contributed by atoms with Gasteiger partial charge in [0.1, 0.15) is 0 Å². The number of hydrogen-bond donors (Lipinski definition) is 0. The summed E-state index contributed by atoms with van der Waals surface area (Å²) in [6.45, 7) is 1.14. The van der Waals surface area contributed by atoms with Gasteiger partial charge in [0.05, 0.1) is 6.61 Å². The van der Waals surface area contributed by atoms with Crippen LogP contribution in [0.4, 0.5) is 8.28 Å². The van der Waals surface area contributed by atoms with Crippen molar-refractivity contribution in [2.75, 3.05) is 6.61 Å². The first-order valence-electron chi connectivity index (χ1n) is 2.63. The van der Waals surface area contributed by atoms with Gasteiger partial charge in [-0.1, -0.05) is 0 Å². The maximum atomic E-state index is 12.1. The van der Waals surface area contributed by atoms with E-state index in [0.717, 1.165) is 0 Å². The molecular weight excluding hydrogens is 182 g/mol. The topological polar surface area (TPSA) is 60.4 Å². The average molecular weight is 188 g/mol. The van der Waals surface area contributed by atoms with Gasteiger partial charge in [-0.2, -0.15) is 8.42 Å². The van der Waals surface area contributed by atoms with Crippen molar-refractivity contribution in [1.29, 1.82) is 0 Å². The molecule has 0 aliphatic rings. The van der Waals surface area contributed by atoms with Crippen molar-refractivity contribution in [3.63, 3.8) is 0 Å². The number of carbonyl (C=O) groups is 1. The predicted octanol–water partition coefficient (Wildman–Crippen LogP) is 0.144. The molecule has 1 unspecified atom stereocenters. The van der Waals surface area contributed by atoms with Crippen LogP contribution in [-0.4, -0.2) is 26.5 Å². The van der Waals surface area contributed by atoms with Crippen LogP contribution in [0, 0.1) is 0 Å². The third-order valence-electron chi connectivity index (χ3n) is 0.719. The zero-order valence-corrected chi connectivity index (χ0v) is 6.40. The first-order chi connectivity index (χ1) is 4.89. The maximum absolute atomic E-state index is 12.1. The fraction of sp³-hybridized carbons (Fsp3) is 0.750. The molecule has 0 spiro atoms. The van der Waals surface area contributed by atoms with Gasteiger partial charge >= 0.3 is 21.7 Å². The Morgan fingerprint density at radius 2 is 2.09 bits per heavy atom. The normalized spacial score (nSPS) is 14.1. The third kappa shape index (κ3) is 3.26. The summed E-state index contributed by atoms with van der Waals surface area (Å²) in [4.78, 5) is 10.2. The number of carbonyl (C=O) groups excluding carboxylic acids is 1. The molecule has 4 nitrogen and oxygen atoms in total. The van der Waals surface area contributed by atoms with Crippen LogP contribution in [-0.2, 0) is 19.8 Å². The fourth-order valence-electron chi connectivity index (χ4n) is 0.323. The third-order valence-corrected chi connectivity index (χ3v) is 1.41. The molecule has 0 aliphatic heterocycles. The molecule has 1 atom stereocenters. The Labute approximate surface area is 62.4 Å². The molecule has 0 aromatic rings. The van der Waals surface area contributed by atoms with Crippen LogP contribution in [0.5, 0.6) is 0 Å². The van der Waals surface area contributed by atoms with Gasteiger partial charge in [-0.3, -0.25) is 0 Å². The lowest BCUT2D eigenvalue weighted by atomic mass is 10.7. The van der Waals surface area contributed by atoms with E-state index in [1.807, 2.05) is 0 Å². The van der Waals surface area contributed by atoms with E-state index in [-0.39, 0.29) is 6.61 Å². The Bertz CT molecular complexity index is 234. The predicted molar refractivity (Wildman–Crippen MR) is 31.6 cm³/mol. The van der Waals surface area contributed by atoms with Crippen molar-refractivity contribution >= 4 is 16.2 Å². The quantitative estimate of drug-likeness (QED) is 0.467. The van der Waals surface area contributed by atoms with Crippen LogP contribution in [0.25, 0.3) is 0 Å². The van der Waals surface area contributed by atoms with Gasteiger partial charge in [-0.25, -0.2) is 9.18 Å². The highest BCUT2D eigenvalue weighted by Gasteiger charge is 2.33. The van der Waals surface area contributed by atoms with Crippen molar-refractivity contribution in [2.45, 2.75) is 12.4 Å². The van der Waals surface area contributed by atoms with Gasteiger partial charge in [0.15, 0.2) is 0 Å². The summed E-state index contributed by atoms with van der Waals surface area (Å²) in [5, 5.41) is 0. The lowest BCUT2D eigenvalue weighted by Crippen LogP contribution is -2.24. The van der Waals surface area contributed by atoms with Gasteiger partial charge in [0.25, 0.3) is 0 Å². The lowest BCUT2D eigenvalue weighted by molar-refractivity contribution is -0.145. The molecule has 0 aromatic carbocycles. The number of esters is 1. The van der Waals surface area contributed by atoms with E-state index in [1.54, 1.807) is 0 Å². The Morgan fingerprint density at radius 1 is 1.64 bits per heavy atom. The van der Waals surface area contributed by atoms with E-state index in [1.165, 1.54) is 6.92 Å². The summed E-state index contributed by atoms with van der Waals surface area (Å²) in [7, 11) is -5.47. The van der Waals surface area contributed by atoms with Crippen molar-refractivity contribution in [3.05, 3.63) is 0 Å². The largest absolute Gasteiger partial charge is 0.463 e. The molecule has 0 aliphatic carbocycles. The summed E-state index contributed by atoms with van der Waals surface area (Å²) in [5.41, 5.74) is -3.22. The molecule has 0 saturated heterocycles. The first-order valence-corrected chi connectivity index (χ1v) is 4.08. The second-order valence-electron chi connectivity index (χ2n) is 1.54. The Hall–Kier alpha value is -0.720. The number of rotatable bonds is 3. The minimum absolute atomic E-state index is 0.200. The van der Waals surface area contributed by atoms with Crippen molar-refractivity contribution in [2.24, 2.45) is 0 Å². The van der Waals surface area contributed by atoms with Crippen LogP contribution in [0.3, 0.4) is 0 Å². The van der Waals surface area contributed by atoms with E-state index >= 15 is 0 Å². The van der Waals surface area contributed by atoms with Gasteiger partial charge in [0, 0.05) is 0 Å². The van der Waals surface area contributed by atoms with Gasteiger partial charge < -0.3 is 4.74 Å². The molecule has 66 valence electrons. The van der Waals surface area contributed by atoms with E-state index < -0.39 is 21.7 Å². The molecule has 0 amide bonds.